The summed E-state index contributed by atoms with van der Waals surface area (Å²) in [6.45, 7) is 0. The van der Waals surface area contributed by atoms with Gasteiger partial charge in [-0.25, -0.2) is 15.0 Å². The molecule has 0 saturated heterocycles. The first-order valence-corrected chi connectivity index (χ1v) is 21.6. The van der Waals surface area contributed by atoms with Crippen molar-refractivity contribution in [1.82, 2.24) is 15.0 Å². The Morgan fingerprint density at radius 2 is 0.934 bits per heavy atom. The molecular weight excluding hydrogens is 745 g/mol. The number of rotatable bonds is 7. The van der Waals surface area contributed by atoms with Gasteiger partial charge in [-0.1, -0.05) is 133 Å². The van der Waals surface area contributed by atoms with Crippen LogP contribution in [0.4, 0.5) is 0 Å². The van der Waals surface area contributed by atoms with Crippen molar-refractivity contribution in [2.24, 2.45) is 11.8 Å². The lowest BCUT2D eigenvalue weighted by atomic mass is 9.41. The molecule has 9 aromatic rings. The smallest absolute Gasteiger partial charge is 0.164 e. The fraction of sp³-hybridized carbons (Fsp3) is 0.179. The molecule has 5 nitrogen and oxygen atoms in total. The van der Waals surface area contributed by atoms with E-state index in [0.29, 0.717) is 23.0 Å². The van der Waals surface area contributed by atoms with E-state index in [1.54, 1.807) is 0 Å². The Kier molecular flexibility index (Phi) is 8.19. The van der Waals surface area contributed by atoms with E-state index < -0.39 is 0 Å². The fourth-order valence-corrected chi connectivity index (χ4v) is 11.8. The van der Waals surface area contributed by atoms with Gasteiger partial charge >= 0.3 is 0 Å². The van der Waals surface area contributed by atoms with Crippen molar-refractivity contribution in [3.63, 3.8) is 0 Å². The second-order valence-corrected chi connectivity index (χ2v) is 17.9. The summed E-state index contributed by atoms with van der Waals surface area (Å²) in [6, 6.07) is 62.1. The van der Waals surface area contributed by atoms with Crippen molar-refractivity contribution in [1.29, 1.82) is 5.26 Å². The van der Waals surface area contributed by atoms with Crippen molar-refractivity contribution < 1.29 is 4.42 Å². The lowest BCUT2D eigenvalue weighted by molar-refractivity contribution is -0.0281. The van der Waals surface area contributed by atoms with E-state index in [4.69, 9.17) is 19.4 Å². The minimum absolute atomic E-state index is 0.190. The number of fused-ring (bicyclic) bond motifs is 3. The van der Waals surface area contributed by atoms with E-state index in [2.05, 4.69) is 97.1 Å². The van der Waals surface area contributed by atoms with Crippen LogP contribution in [0.3, 0.4) is 0 Å². The zero-order valence-corrected chi connectivity index (χ0v) is 33.8. The van der Waals surface area contributed by atoms with Crippen molar-refractivity contribution in [3.8, 4) is 62.5 Å². The van der Waals surface area contributed by atoms with E-state index in [9.17, 15) is 5.26 Å². The molecule has 0 radical (unpaired) electrons. The van der Waals surface area contributed by atoms with Gasteiger partial charge in [0.05, 0.1) is 11.6 Å². The first kappa shape index (κ1) is 35.8. The standard InChI is InChI=1S/C56H42N4O/c57-34-36-9-7-14-42(26-36)43-15-8-16-47(27-43)56-32-37-25-38(33-56)31-55(30-37,35-56)46-21-17-39(18-22-46)44-19-23-48-49-24-20-45(29-51(49)61-50(48)28-44)54-59-52(40-10-3-1-4-11-40)58-53(60-54)41-12-5-2-6-13-41/h1-24,26-29,37-38H,25,30-33,35H2. The Hall–Kier alpha value is -7.16. The zero-order valence-electron chi connectivity index (χ0n) is 33.8. The summed E-state index contributed by atoms with van der Waals surface area (Å²) < 4.78 is 6.61. The highest BCUT2D eigenvalue weighted by Crippen LogP contribution is 2.66. The molecule has 292 valence electrons. The van der Waals surface area contributed by atoms with Gasteiger partial charge in [0, 0.05) is 27.5 Å². The Balaban J connectivity index is 0.847. The highest BCUT2D eigenvalue weighted by Gasteiger charge is 2.58. The molecular formula is C56H42N4O. The van der Waals surface area contributed by atoms with Crippen LogP contribution in [0.2, 0.25) is 0 Å². The predicted molar refractivity (Wildman–Crippen MR) is 243 cm³/mol. The molecule has 13 rings (SSSR count). The van der Waals surface area contributed by atoms with Crippen LogP contribution in [0.1, 0.15) is 55.2 Å². The normalized spacial score (nSPS) is 21.5. The lowest BCUT2D eigenvalue weighted by Crippen LogP contribution is -2.55. The Bertz CT molecular complexity index is 3110. The molecule has 0 N–H and O–H groups in total. The number of nitriles is 1. The summed E-state index contributed by atoms with van der Waals surface area (Å²) in [6.07, 6.45) is 7.70. The van der Waals surface area contributed by atoms with Crippen LogP contribution in [-0.4, -0.2) is 15.0 Å². The van der Waals surface area contributed by atoms with E-state index in [0.717, 1.165) is 61.6 Å². The number of nitrogens with zero attached hydrogens (tertiary/aromatic N) is 4. The quantitative estimate of drug-likeness (QED) is 0.161. The van der Waals surface area contributed by atoms with E-state index in [1.165, 1.54) is 60.8 Å². The van der Waals surface area contributed by atoms with E-state index >= 15 is 0 Å². The minimum atomic E-state index is 0.190. The first-order valence-electron chi connectivity index (χ1n) is 21.6. The summed E-state index contributed by atoms with van der Waals surface area (Å²) in [5.41, 5.74) is 13.2. The second-order valence-electron chi connectivity index (χ2n) is 17.9. The number of aromatic nitrogens is 3. The van der Waals surface area contributed by atoms with Gasteiger partial charge in [-0.3, -0.25) is 0 Å². The Labute approximate surface area is 355 Å². The van der Waals surface area contributed by atoms with E-state index in [-0.39, 0.29) is 10.8 Å². The molecule has 4 bridgehead atoms. The van der Waals surface area contributed by atoms with Crippen molar-refractivity contribution in [3.05, 3.63) is 187 Å². The number of benzene rings is 7. The summed E-state index contributed by atoms with van der Waals surface area (Å²) >= 11 is 0. The molecule has 2 heterocycles. The van der Waals surface area contributed by atoms with Crippen LogP contribution in [0.15, 0.2) is 174 Å². The number of hydrogen-bond acceptors (Lipinski definition) is 5. The number of furan rings is 1. The summed E-state index contributed by atoms with van der Waals surface area (Å²) in [4.78, 5) is 14.8. The van der Waals surface area contributed by atoms with Crippen LogP contribution < -0.4 is 0 Å². The predicted octanol–water partition coefficient (Wildman–Crippen LogP) is 13.8. The highest BCUT2D eigenvalue weighted by atomic mass is 16.3. The molecule has 4 aliphatic carbocycles. The Morgan fingerprint density at radius 1 is 0.443 bits per heavy atom. The maximum atomic E-state index is 9.55. The van der Waals surface area contributed by atoms with Gasteiger partial charge in [0.15, 0.2) is 17.5 Å². The summed E-state index contributed by atoms with van der Waals surface area (Å²) in [7, 11) is 0. The van der Waals surface area contributed by atoms with E-state index in [1.807, 2.05) is 78.9 Å². The molecule has 5 heteroatoms. The maximum Gasteiger partial charge on any atom is 0.164 e. The Morgan fingerprint density at radius 3 is 1.56 bits per heavy atom. The largest absolute Gasteiger partial charge is 0.456 e. The third-order valence-electron chi connectivity index (χ3n) is 14.1. The molecule has 4 saturated carbocycles. The topological polar surface area (TPSA) is 75.6 Å². The van der Waals surface area contributed by atoms with Crippen molar-refractivity contribution in [2.75, 3.05) is 0 Å². The zero-order chi connectivity index (χ0) is 40.5. The fourth-order valence-electron chi connectivity index (χ4n) is 11.8. The molecule has 2 atom stereocenters. The van der Waals surface area contributed by atoms with Gasteiger partial charge < -0.3 is 4.42 Å². The van der Waals surface area contributed by atoms with Crippen molar-refractivity contribution >= 4 is 21.9 Å². The maximum absolute atomic E-state index is 9.55. The van der Waals surface area contributed by atoms with Crippen LogP contribution in [0, 0.1) is 23.2 Å². The monoisotopic (exact) mass is 786 g/mol. The molecule has 7 aromatic carbocycles. The van der Waals surface area contributed by atoms with Crippen LogP contribution in [-0.2, 0) is 10.8 Å². The molecule has 4 aliphatic rings. The van der Waals surface area contributed by atoms with Gasteiger partial charge in [-0.2, -0.15) is 5.26 Å². The molecule has 0 aliphatic heterocycles. The lowest BCUT2D eigenvalue weighted by Gasteiger charge is -2.63. The van der Waals surface area contributed by atoms with Crippen LogP contribution >= 0.6 is 0 Å². The third-order valence-corrected chi connectivity index (χ3v) is 14.1. The van der Waals surface area contributed by atoms with Gasteiger partial charge in [-0.05, 0) is 131 Å². The number of hydrogen-bond donors (Lipinski definition) is 0. The molecule has 2 aromatic heterocycles. The molecule has 0 amide bonds. The van der Waals surface area contributed by atoms with Crippen LogP contribution in [0.5, 0.6) is 0 Å². The minimum Gasteiger partial charge on any atom is -0.456 e. The third kappa shape index (κ3) is 6.17. The van der Waals surface area contributed by atoms with Gasteiger partial charge in [0.1, 0.15) is 11.2 Å². The van der Waals surface area contributed by atoms with Crippen LogP contribution in [0.25, 0.3) is 78.4 Å². The molecule has 61 heavy (non-hydrogen) atoms. The SMILES string of the molecule is N#Cc1cccc(-c2cccc(C34CC5CC(CC(c6ccc(-c7ccc8c(c7)oc7cc(-c9nc(-c%10ccccc%10)nc(-c%10ccccc%10)n9)ccc78)cc6)(C5)C3)C4)c2)c1. The second kappa shape index (κ2) is 14.0. The average molecular weight is 787 g/mol. The van der Waals surface area contributed by atoms with Gasteiger partial charge in [-0.15, -0.1) is 0 Å². The summed E-state index contributed by atoms with van der Waals surface area (Å²) in [5, 5.41) is 11.7. The van der Waals surface area contributed by atoms with Gasteiger partial charge in [0.25, 0.3) is 0 Å². The molecule has 0 spiro atoms. The molecule has 2 unspecified atom stereocenters. The molecule has 4 fully saturated rings. The van der Waals surface area contributed by atoms with Crippen molar-refractivity contribution in [2.45, 2.75) is 49.4 Å². The highest BCUT2D eigenvalue weighted by molar-refractivity contribution is 6.06. The average Bonchev–Trinajstić information content (AvgIpc) is 3.69. The van der Waals surface area contributed by atoms with Gasteiger partial charge in [0.2, 0.25) is 0 Å². The summed E-state index contributed by atoms with van der Waals surface area (Å²) in [5.74, 6) is 3.39. The first-order chi connectivity index (χ1) is 30.0.